The second-order valence-electron chi connectivity index (χ2n) is 6.20. The highest BCUT2D eigenvalue weighted by molar-refractivity contribution is 7.19. The van der Waals surface area contributed by atoms with E-state index in [2.05, 4.69) is 14.9 Å². The molecular weight excluding hydrogens is 282 g/mol. The Kier molecular flexibility index (Phi) is 3.55. The smallest absolute Gasteiger partial charge is 0.141 e. The van der Waals surface area contributed by atoms with Crippen molar-refractivity contribution in [2.45, 2.75) is 38.5 Å². The molecule has 1 N–H and O–H groups in total. The fraction of sp³-hybridized carbons (Fsp3) is 0.625. The first kappa shape index (κ1) is 13.5. The molecule has 0 atom stereocenters. The summed E-state index contributed by atoms with van der Waals surface area (Å²) in [4.78, 5) is 14.2. The van der Waals surface area contributed by atoms with Gasteiger partial charge in [0.15, 0.2) is 0 Å². The van der Waals surface area contributed by atoms with Crippen LogP contribution in [0.3, 0.4) is 0 Å². The largest absolute Gasteiger partial charge is 0.396 e. The van der Waals surface area contributed by atoms with Crippen LogP contribution in [0.5, 0.6) is 0 Å². The number of fused-ring (bicyclic) bond motifs is 3. The summed E-state index contributed by atoms with van der Waals surface area (Å²) >= 11 is 1.87. The van der Waals surface area contributed by atoms with Gasteiger partial charge in [0.05, 0.1) is 5.39 Å². The van der Waals surface area contributed by atoms with Gasteiger partial charge in [0.25, 0.3) is 0 Å². The quantitative estimate of drug-likeness (QED) is 0.927. The molecule has 0 amide bonds. The van der Waals surface area contributed by atoms with Crippen LogP contribution in [0.25, 0.3) is 10.2 Å². The van der Waals surface area contributed by atoms with E-state index in [1.807, 2.05) is 11.3 Å². The number of aliphatic hydroxyl groups is 1. The van der Waals surface area contributed by atoms with Crippen LogP contribution in [-0.2, 0) is 12.8 Å². The van der Waals surface area contributed by atoms with Crippen molar-refractivity contribution in [1.82, 2.24) is 9.97 Å². The molecule has 0 radical (unpaired) electrons. The highest BCUT2D eigenvalue weighted by Crippen LogP contribution is 2.39. The molecule has 21 heavy (non-hydrogen) atoms. The van der Waals surface area contributed by atoms with E-state index in [0.29, 0.717) is 12.5 Å². The molecular formula is C16H21N3OS. The zero-order chi connectivity index (χ0) is 14.2. The predicted molar refractivity (Wildman–Crippen MR) is 86.1 cm³/mol. The normalized spacial score (nSPS) is 20.0. The molecule has 2 aromatic heterocycles. The summed E-state index contributed by atoms with van der Waals surface area (Å²) in [5, 5.41) is 10.6. The Bertz CT molecular complexity index is 646. The first-order chi connectivity index (χ1) is 10.4. The molecule has 3 heterocycles. The van der Waals surface area contributed by atoms with Gasteiger partial charge < -0.3 is 10.0 Å². The van der Waals surface area contributed by atoms with Gasteiger partial charge in [-0.2, -0.15) is 0 Å². The van der Waals surface area contributed by atoms with Crippen molar-refractivity contribution in [1.29, 1.82) is 0 Å². The van der Waals surface area contributed by atoms with Crippen LogP contribution in [-0.4, -0.2) is 34.8 Å². The third-order valence-corrected chi connectivity index (χ3v) is 6.10. The summed E-state index contributed by atoms with van der Waals surface area (Å²) in [6, 6.07) is 0. The molecule has 1 fully saturated rings. The number of rotatable bonds is 2. The van der Waals surface area contributed by atoms with Crippen LogP contribution in [0.1, 0.15) is 36.1 Å². The molecule has 0 spiro atoms. The lowest BCUT2D eigenvalue weighted by Crippen LogP contribution is -2.35. The lowest BCUT2D eigenvalue weighted by Gasteiger charge is -2.32. The maximum Gasteiger partial charge on any atom is 0.141 e. The zero-order valence-electron chi connectivity index (χ0n) is 12.2. The second kappa shape index (κ2) is 5.54. The summed E-state index contributed by atoms with van der Waals surface area (Å²) in [5.74, 6) is 1.60. The van der Waals surface area contributed by atoms with Crippen LogP contribution in [0.4, 0.5) is 5.82 Å². The Morgan fingerprint density at radius 3 is 2.81 bits per heavy atom. The van der Waals surface area contributed by atoms with Crippen LogP contribution >= 0.6 is 11.3 Å². The fourth-order valence-corrected chi connectivity index (χ4v) is 4.86. The maximum absolute atomic E-state index is 9.30. The number of anilines is 1. The summed E-state index contributed by atoms with van der Waals surface area (Å²) in [7, 11) is 0. The van der Waals surface area contributed by atoms with Gasteiger partial charge in [0, 0.05) is 24.6 Å². The minimum atomic E-state index is 0.320. The minimum absolute atomic E-state index is 0.320. The Balaban J connectivity index is 1.73. The van der Waals surface area contributed by atoms with E-state index >= 15 is 0 Å². The van der Waals surface area contributed by atoms with Gasteiger partial charge >= 0.3 is 0 Å². The molecule has 0 unspecified atom stereocenters. The van der Waals surface area contributed by atoms with Gasteiger partial charge in [-0.05, 0) is 50.0 Å². The molecule has 5 heteroatoms. The monoisotopic (exact) mass is 303 g/mol. The van der Waals surface area contributed by atoms with Gasteiger partial charge in [-0.15, -0.1) is 11.3 Å². The van der Waals surface area contributed by atoms with Gasteiger partial charge in [0.1, 0.15) is 17.0 Å². The third-order valence-electron chi connectivity index (χ3n) is 4.90. The molecule has 4 nitrogen and oxygen atoms in total. The molecule has 4 rings (SSSR count). The average Bonchev–Trinajstić information content (AvgIpc) is 2.93. The molecule has 1 aliphatic carbocycles. The SMILES string of the molecule is OCC1CCN(c2ncnc3sc4c(c23)CCCC4)CC1. The first-order valence-electron chi connectivity index (χ1n) is 7.98. The molecule has 0 bridgehead atoms. The highest BCUT2D eigenvalue weighted by Gasteiger charge is 2.25. The van der Waals surface area contributed by atoms with Crippen molar-refractivity contribution in [3.8, 4) is 0 Å². The number of aliphatic hydroxyl groups excluding tert-OH is 1. The van der Waals surface area contributed by atoms with Gasteiger partial charge in [-0.25, -0.2) is 9.97 Å². The Hall–Kier alpha value is -1.20. The molecule has 0 aromatic carbocycles. The zero-order valence-corrected chi connectivity index (χ0v) is 13.0. The molecule has 112 valence electrons. The van der Waals surface area contributed by atoms with E-state index in [9.17, 15) is 5.11 Å². The minimum Gasteiger partial charge on any atom is -0.396 e. The van der Waals surface area contributed by atoms with Crippen LogP contribution in [0.15, 0.2) is 6.33 Å². The van der Waals surface area contributed by atoms with Crippen molar-refractivity contribution < 1.29 is 5.11 Å². The van der Waals surface area contributed by atoms with E-state index < -0.39 is 0 Å². The second-order valence-corrected chi connectivity index (χ2v) is 7.28. The predicted octanol–water partition coefficient (Wildman–Crippen LogP) is 2.78. The number of hydrogen-bond donors (Lipinski definition) is 1. The third kappa shape index (κ3) is 2.32. The number of aryl methyl sites for hydroxylation is 2. The topological polar surface area (TPSA) is 49.2 Å². The maximum atomic E-state index is 9.30. The Morgan fingerprint density at radius 2 is 2.00 bits per heavy atom. The number of hydrogen-bond acceptors (Lipinski definition) is 5. The summed E-state index contributed by atoms with van der Waals surface area (Å²) < 4.78 is 0. The van der Waals surface area contributed by atoms with Crippen LogP contribution < -0.4 is 4.90 Å². The first-order valence-corrected chi connectivity index (χ1v) is 8.79. The highest BCUT2D eigenvalue weighted by atomic mass is 32.1. The fourth-order valence-electron chi connectivity index (χ4n) is 3.64. The van der Waals surface area contributed by atoms with E-state index in [1.165, 1.54) is 41.5 Å². The Morgan fingerprint density at radius 1 is 1.19 bits per heavy atom. The van der Waals surface area contributed by atoms with Gasteiger partial charge in [0.2, 0.25) is 0 Å². The van der Waals surface area contributed by atoms with Crippen molar-refractivity contribution in [3.05, 3.63) is 16.8 Å². The molecule has 2 aromatic rings. The summed E-state index contributed by atoms with van der Waals surface area (Å²) in [5.41, 5.74) is 1.51. The number of nitrogens with zero attached hydrogens (tertiary/aromatic N) is 3. The van der Waals surface area contributed by atoms with Crippen LogP contribution in [0.2, 0.25) is 0 Å². The number of piperidine rings is 1. The van der Waals surface area contributed by atoms with E-state index in [4.69, 9.17) is 0 Å². The van der Waals surface area contributed by atoms with E-state index in [-0.39, 0.29) is 0 Å². The van der Waals surface area contributed by atoms with Crippen molar-refractivity contribution in [2.75, 3.05) is 24.6 Å². The molecule has 1 aliphatic heterocycles. The lowest BCUT2D eigenvalue weighted by molar-refractivity contribution is 0.203. The van der Waals surface area contributed by atoms with Crippen molar-refractivity contribution in [2.24, 2.45) is 5.92 Å². The molecule has 0 saturated carbocycles. The average molecular weight is 303 g/mol. The van der Waals surface area contributed by atoms with E-state index in [1.54, 1.807) is 6.33 Å². The van der Waals surface area contributed by atoms with Gasteiger partial charge in [-0.3, -0.25) is 0 Å². The molecule has 1 saturated heterocycles. The molecule has 2 aliphatic rings. The van der Waals surface area contributed by atoms with Crippen LogP contribution in [0, 0.1) is 5.92 Å². The summed E-state index contributed by atoms with van der Waals surface area (Å²) in [6.07, 6.45) is 8.84. The van der Waals surface area contributed by atoms with Gasteiger partial charge in [-0.1, -0.05) is 0 Å². The van der Waals surface area contributed by atoms with Crippen molar-refractivity contribution in [3.63, 3.8) is 0 Å². The summed E-state index contributed by atoms with van der Waals surface area (Å²) in [6.45, 7) is 2.32. The Labute approximate surface area is 128 Å². The lowest BCUT2D eigenvalue weighted by atomic mass is 9.95. The van der Waals surface area contributed by atoms with Crippen molar-refractivity contribution >= 4 is 27.4 Å². The standard InChI is InChI=1S/C16H21N3OS/c20-9-11-5-7-19(8-6-11)15-14-12-3-1-2-4-13(12)21-16(14)18-10-17-15/h10-11,20H,1-9H2. The number of thiophene rings is 1. The number of aromatic nitrogens is 2. The van der Waals surface area contributed by atoms with E-state index in [0.717, 1.165) is 36.6 Å².